The van der Waals surface area contributed by atoms with Crippen LogP contribution in [0.1, 0.15) is 25.7 Å². The number of carbonyl (C=O) groups is 1. The molecule has 6 heteroatoms. The fraction of sp³-hybridized carbons (Fsp3) is 0.611. The second kappa shape index (κ2) is 10.1. The van der Waals surface area contributed by atoms with Crippen LogP contribution in [-0.2, 0) is 4.79 Å². The molecule has 1 aliphatic carbocycles. The third kappa shape index (κ3) is 5.01. The summed E-state index contributed by atoms with van der Waals surface area (Å²) < 4.78 is 0. The maximum Gasteiger partial charge on any atom is 0.223 e. The molecular formula is C18H29Cl2N3O. The number of carbonyl (C=O) groups excluding carboxylic acids is 1. The molecule has 4 nitrogen and oxygen atoms in total. The molecule has 0 spiro atoms. The van der Waals surface area contributed by atoms with Gasteiger partial charge in [0.15, 0.2) is 0 Å². The van der Waals surface area contributed by atoms with E-state index in [4.69, 9.17) is 5.73 Å². The van der Waals surface area contributed by atoms with Crippen LogP contribution in [0.5, 0.6) is 0 Å². The standard InChI is InChI=1S/C18H27N3O.2ClH/c19-11-15-5-4-8-17(15)18(22)20-12-14-9-10-21(13-14)16-6-2-1-3-7-16;;/h1-3,6-7,14-15,17H,4-5,8-13,19H2,(H,20,22);2*1H/t14?,15-,17-;;/m1../s1. The number of nitrogens with two attached hydrogens (primary N) is 1. The molecule has 1 saturated carbocycles. The van der Waals surface area contributed by atoms with Crippen molar-refractivity contribution in [3.05, 3.63) is 30.3 Å². The van der Waals surface area contributed by atoms with Crippen molar-refractivity contribution in [1.29, 1.82) is 0 Å². The van der Waals surface area contributed by atoms with Gasteiger partial charge in [0.2, 0.25) is 5.91 Å². The average Bonchev–Trinajstić information content (AvgIpc) is 3.22. The maximum atomic E-state index is 12.3. The predicted molar refractivity (Wildman–Crippen MR) is 104 cm³/mol. The normalized spacial score (nSPS) is 25.7. The zero-order valence-corrected chi connectivity index (χ0v) is 15.7. The number of nitrogens with one attached hydrogen (secondary N) is 1. The topological polar surface area (TPSA) is 58.4 Å². The molecule has 1 aliphatic heterocycles. The predicted octanol–water partition coefficient (Wildman–Crippen LogP) is 2.85. The lowest BCUT2D eigenvalue weighted by Gasteiger charge is -2.20. The van der Waals surface area contributed by atoms with Gasteiger partial charge in [-0.1, -0.05) is 24.6 Å². The van der Waals surface area contributed by atoms with Gasteiger partial charge in [-0.05, 0) is 49.8 Å². The summed E-state index contributed by atoms with van der Waals surface area (Å²) in [4.78, 5) is 14.8. The van der Waals surface area contributed by atoms with E-state index in [1.165, 1.54) is 5.69 Å². The van der Waals surface area contributed by atoms with Crippen LogP contribution in [0, 0.1) is 17.8 Å². The molecule has 0 aromatic heterocycles. The van der Waals surface area contributed by atoms with Gasteiger partial charge in [0.25, 0.3) is 0 Å². The Morgan fingerprint density at radius 2 is 1.92 bits per heavy atom. The van der Waals surface area contributed by atoms with Gasteiger partial charge < -0.3 is 16.0 Å². The lowest BCUT2D eigenvalue weighted by Crippen LogP contribution is -2.38. The summed E-state index contributed by atoms with van der Waals surface area (Å²) >= 11 is 0. The quantitative estimate of drug-likeness (QED) is 0.833. The summed E-state index contributed by atoms with van der Waals surface area (Å²) in [6.07, 6.45) is 4.42. The van der Waals surface area contributed by atoms with E-state index in [1.807, 2.05) is 6.07 Å². The molecule has 1 amide bonds. The highest BCUT2D eigenvalue weighted by molar-refractivity contribution is 5.85. The Hall–Kier alpha value is -0.970. The molecule has 1 saturated heterocycles. The molecule has 136 valence electrons. The fourth-order valence-electron chi connectivity index (χ4n) is 3.91. The van der Waals surface area contributed by atoms with E-state index in [1.54, 1.807) is 0 Å². The number of rotatable bonds is 5. The molecule has 3 rings (SSSR count). The van der Waals surface area contributed by atoms with Gasteiger partial charge in [-0.3, -0.25) is 4.79 Å². The van der Waals surface area contributed by atoms with E-state index in [2.05, 4.69) is 34.5 Å². The average molecular weight is 374 g/mol. The molecular weight excluding hydrogens is 345 g/mol. The van der Waals surface area contributed by atoms with Gasteiger partial charge in [-0.2, -0.15) is 0 Å². The van der Waals surface area contributed by atoms with E-state index in [9.17, 15) is 4.79 Å². The second-order valence-corrected chi connectivity index (χ2v) is 6.71. The number of anilines is 1. The highest BCUT2D eigenvalue weighted by Crippen LogP contribution is 2.31. The number of hydrogen-bond acceptors (Lipinski definition) is 3. The van der Waals surface area contributed by atoms with Crippen molar-refractivity contribution in [2.75, 3.05) is 31.1 Å². The molecule has 3 N–H and O–H groups in total. The van der Waals surface area contributed by atoms with Crippen molar-refractivity contribution >= 4 is 36.4 Å². The molecule has 1 aromatic rings. The third-order valence-electron chi connectivity index (χ3n) is 5.27. The van der Waals surface area contributed by atoms with Crippen LogP contribution in [0.3, 0.4) is 0 Å². The highest BCUT2D eigenvalue weighted by Gasteiger charge is 2.32. The summed E-state index contributed by atoms with van der Waals surface area (Å²) in [6, 6.07) is 10.5. The third-order valence-corrected chi connectivity index (χ3v) is 5.27. The number of para-hydroxylation sites is 1. The van der Waals surface area contributed by atoms with E-state index in [-0.39, 0.29) is 36.6 Å². The van der Waals surface area contributed by atoms with Crippen LogP contribution in [-0.4, -0.2) is 32.1 Å². The Kier molecular flexibility index (Phi) is 8.88. The second-order valence-electron chi connectivity index (χ2n) is 6.71. The molecule has 1 unspecified atom stereocenters. The van der Waals surface area contributed by atoms with Crippen molar-refractivity contribution in [2.45, 2.75) is 25.7 Å². The van der Waals surface area contributed by atoms with Crippen LogP contribution < -0.4 is 16.0 Å². The Morgan fingerprint density at radius 1 is 1.17 bits per heavy atom. The summed E-state index contributed by atoms with van der Waals surface area (Å²) in [7, 11) is 0. The van der Waals surface area contributed by atoms with E-state index >= 15 is 0 Å². The van der Waals surface area contributed by atoms with E-state index < -0.39 is 0 Å². The van der Waals surface area contributed by atoms with Gasteiger partial charge in [0, 0.05) is 31.2 Å². The SMILES string of the molecule is Cl.Cl.NC[C@H]1CCC[C@H]1C(=O)NCC1CCN(c2ccccc2)C1. The minimum atomic E-state index is 0. The smallest absolute Gasteiger partial charge is 0.223 e. The van der Waals surface area contributed by atoms with Crippen molar-refractivity contribution in [3.63, 3.8) is 0 Å². The Morgan fingerprint density at radius 3 is 2.62 bits per heavy atom. The van der Waals surface area contributed by atoms with Crippen LogP contribution in [0.4, 0.5) is 5.69 Å². The number of hydrogen-bond donors (Lipinski definition) is 2. The summed E-state index contributed by atoms with van der Waals surface area (Å²) in [5.41, 5.74) is 7.06. The first-order valence-electron chi connectivity index (χ1n) is 8.55. The summed E-state index contributed by atoms with van der Waals surface area (Å²) in [5, 5.41) is 3.18. The number of amides is 1. The highest BCUT2D eigenvalue weighted by atomic mass is 35.5. The molecule has 2 fully saturated rings. The largest absolute Gasteiger partial charge is 0.371 e. The molecule has 1 heterocycles. The Bertz CT molecular complexity index is 500. The van der Waals surface area contributed by atoms with Crippen LogP contribution in [0.25, 0.3) is 0 Å². The first kappa shape index (κ1) is 21.1. The zero-order chi connectivity index (χ0) is 15.4. The lowest BCUT2D eigenvalue weighted by atomic mass is 9.95. The van der Waals surface area contributed by atoms with Crippen molar-refractivity contribution < 1.29 is 4.79 Å². The van der Waals surface area contributed by atoms with Crippen LogP contribution in [0.15, 0.2) is 30.3 Å². The van der Waals surface area contributed by atoms with Crippen molar-refractivity contribution in [1.82, 2.24) is 5.32 Å². The van der Waals surface area contributed by atoms with Gasteiger partial charge >= 0.3 is 0 Å². The molecule has 2 aliphatic rings. The Balaban J connectivity index is 0.00000144. The van der Waals surface area contributed by atoms with Gasteiger partial charge in [-0.25, -0.2) is 0 Å². The maximum absolute atomic E-state index is 12.3. The van der Waals surface area contributed by atoms with Crippen LogP contribution in [0.2, 0.25) is 0 Å². The first-order valence-corrected chi connectivity index (χ1v) is 8.55. The lowest BCUT2D eigenvalue weighted by molar-refractivity contribution is -0.126. The van der Waals surface area contributed by atoms with Gasteiger partial charge in [0.05, 0.1) is 0 Å². The zero-order valence-electron chi connectivity index (χ0n) is 14.0. The van der Waals surface area contributed by atoms with Gasteiger partial charge in [0.1, 0.15) is 0 Å². The minimum absolute atomic E-state index is 0. The number of halogens is 2. The monoisotopic (exact) mass is 373 g/mol. The van der Waals surface area contributed by atoms with Gasteiger partial charge in [-0.15, -0.1) is 24.8 Å². The molecule has 1 aromatic carbocycles. The molecule has 3 atom stereocenters. The van der Waals surface area contributed by atoms with Crippen LogP contribution >= 0.6 is 24.8 Å². The minimum Gasteiger partial charge on any atom is -0.371 e. The van der Waals surface area contributed by atoms with Crippen molar-refractivity contribution in [3.8, 4) is 0 Å². The molecule has 0 bridgehead atoms. The molecule has 0 radical (unpaired) electrons. The van der Waals surface area contributed by atoms with Crippen molar-refractivity contribution in [2.24, 2.45) is 23.5 Å². The summed E-state index contributed by atoms with van der Waals surface area (Å²) in [5.74, 6) is 1.33. The Labute approximate surface area is 157 Å². The number of nitrogens with zero attached hydrogens (tertiary/aromatic N) is 1. The summed E-state index contributed by atoms with van der Waals surface area (Å²) in [6.45, 7) is 3.56. The first-order chi connectivity index (χ1) is 10.8. The molecule has 24 heavy (non-hydrogen) atoms. The van der Waals surface area contributed by atoms with E-state index in [0.29, 0.717) is 18.4 Å². The number of benzene rings is 1. The van der Waals surface area contributed by atoms with E-state index in [0.717, 1.165) is 45.3 Å². The fourth-order valence-corrected chi connectivity index (χ4v) is 3.91.